The number of thioether (sulfide) groups is 1. The van der Waals surface area contributed by atoms with Gasteiger partial charge >= 0.3 is 0 Å². The van der Waals surface area contributed by atoms with E-state index in [1.807, 2.05) is 24.3 Å². The minimum Gasteiger partial charge on any atom is -0.497 e. The van der Waals surface area contributed by atoms with E-state index in [9.17, 15) is 0 Å². The van der Waals surface area contributed by atoms with Crippen molar-refractivity contribution in [3.8, 4) is 16.3 Å². The van der Waals surface area contributed by atoms with Crippen molar-refractivity contribution >= 4 is 34.9 Å². The Kier molecular flexibility index (Phi) is 5.95. The summed E-state index contributed by atoms with van der Waals surface area (Å²) in [5.41, 5.74) is 13.6. The first-order chi connectivity index (χ1) is 12.6. The van der Waals surface area contributed by atoms with Gasteiger partial charge in [-0.2, -0.15) is 4.98 Å². The van der Waals surface area contributed by atoms with Gasteiger partial charge in [0.25, 0.3) is 0 Å². The highest BCUT2D eigenvalue weighted by molar-refractivity contribution is 7.98. The van der Waals surface area contributed by atoms with E-state index in [-0.39, 0.29) is 5.95 Å². The normalized spacial score (nSPS) is 10.8. The second-order valence-electron chi connectivity index (χ2n) is 5.65. The average molecular weight is 388 g/mol. The van der Waals surface area contributed by atoms with Crippen LogP contribution in [0.2, 0.25) is 0 Å². The number of hydrogen-bond donors (Lipinski definition) is 2. The third kappa shape index (κ3) is 4.44. The van der Waals surface area contributed by atoms with Gasteiger partial charge in [-0.15, -0.1) is 11.3 Å². The highest BCUT2D eigenvalue weighted by Crippen LogP contribution is 2.33. The van der Waals surface area contributed by atoms with Gasteiger partial charge < -0.3 is 16.2 Å². The van der Waals surface area contributed by atoms with Crippen molar-refractivity contribution in [1.82, 2.24) is 15.0 Å². The number of aromatic nitrogens is 3. The lowest BCUT2D eigenvalue weighted by Gasteiger charge is -2.03. The molecule has 0 radical (unpaired) electrons. The van der Waals surface area contributed by atoms with Gasteiger partial charge in [-0.3, -0.25) is 0 Å². The summed E-state index contributed by atoms with van der Waals surface area (Å²) in [4.78, 5) is 14.3. The predicted octanol–water partition coefficient (Wildman–Crippen LogP) is 4.02. The number of nitrogens with zero attached hydrogens (tertiary/aromatic N) is 3. The molecule has 8 heteroatoms. The first kappa shape index (κ1) is 18.5. The summed E-state index contributed by atoms with van der Waals surface area (Å²) in [6, 6.07) is 9.72. The molecule has 0 saturated carbocycles. The third-order valence-corrected chi connectivity index (χ3v) is 5.82. The molecule has 1 aromatic carbocycles. The van der Waals surface area contributed by atoms with Crippen LogP contribution in [0, 0.1) is 0 Å². The van der Waals surface area contributed by atoms with E-state index >= 15 is 0 Å². The second kappa shape index (κ2) is 8.37. The van der Waals surface area contributed by atoms with Crippen LogP contribution in [0.15, 0.2) is 35.4 Å². The number of rotatable bonds is 7. The fraction of sp³-hybridized carbons (Fsp3) is 0.278. The van der Waals surface area contributed by atoms with Crippen LogP contribution in [-0.4, -0.2) is 22.1 Å². The first-order valence-corrected chi connectivity index (χ1v) is 10.0. The van der Waals surface area contributed by atoms with E-state index in [2.05, 4.69) is 16.9 Å². The highest BCUT2D eigenvalue weighted by atomic mass is 32.2. The Balaban J connectivity index is 1.82. The minimum atomic E-state index is 0.193. The van der Waals surface area contributed by atoms with Crippen LogP contribution in [0.5, 0.6) is 5.75 Å². The molecule has 0 atom stereocenters. The van der Waals surface area contributed by atoms with Gasteiger partial charge in [0.15, 0.2) is 0 Å². The number of aryl methyl sites for hydroxylation is 1. The summed E-state index contributed by atoms with van der Waals surface area (Å²) in [5, 5.41) is 1.78. The average Bonchev–Trinajstić information content (AvgIpc) is 3.02. The Bertz CT molecular complexity index is 860. The monoisotopic (exact) mass is 387 g/mol. The van der Waals surface area contributed by atoms with Gasteiger partial charge in [-0.05, 0) is 30.7 Å². The lowest BCUT2D eigenvalue weighted by Crippen LogP contribution is -2.00. The molecule has 0 bridgehead atoms. The fourth-order valence-electron chi connectivity index (χ4n) is 2.45. The number of thiazole rings is 1. The van der Waals surface area contributed by atoms with Crippen molar-refractivity contribution < 1.29 is 4.74 Å². The number of nitrogen functional groups attached to an aromatic ring is 2. The molecule has 3 rings (SSSR count). The van der Waals surface area contributed by atoms with E-state index in [0.29, 0.717) is 5.82 Å². The van der Waals surface area contributed by atoms with Crippen LogP contribution in [0.1, 0.15) is 23.9 Å². The smallest absolute Gasteiger partial charge is 0.223 e. The number of ether oxygens (including phenoxy) is 1. The van der Waals surface area contributed by atoms with Gasteiger partial charge in [0.1, 0.15) is 21.6 Å². The van der Waals surface area contributed by atoms with Gasteiger partial charge in [-0.25, -0.2) is 9.97 Å². The van der Waals surface area contributed by atoms with E-state index in [1.165, 1.54) is 4.88 Å². The van der Waals surface area contributed by atoms with E-state index in [4.69, 9.17) is 21.2 Å². The van der Waals surface area contributed by atoms with E-state index in [0.717, 1.165) is 45.6 Å². The fourth-order valence-corrected chi connectivity index (χ4v) is 4.61. The number of hydrogen-bond acceptors (Lipinski definition) is 8. The summed E-state index contributed by atoms with van der Waals surface area (Å²) in [5.74, 6) is 2.14. The minimum absolute atomic E-state index is 0.193. The molecular weight excluding hydrogens is 366 g/mol. The molecule has 3 aromatic rings. The number of methoxy groups -OCH3 is 1. The second-order valence-corrected chi connectivity index (χ2v) is 7.72. The van der Waals surface area contributed by atoms with Crippen molar-refractivity contribution in [3.63, 3.8) is 0 Å². The quantitative estimate of drug-likeness (QED) is 0.466. The molecule has 0 aliphatic rings. The van der Waals surface area contributed by atoms with Crippen LogP contribution in [0.3, 0.4) is 0 Å². The maximum atomic E-state index is 5.74. The lowest BCUT2D eigenvalue weighted by molar-refractivity contribution is 0.415. The van der Waals surface area contributed by atoms with Crippen molar-refractivity contribution in [3.05, 3.63) is 40.9 Å². The topological polar surface area (TPSA) is 99.9 Å². The molecule has 0 unspecified atom stereocenters. The molecule has 136 valence electrons. The SMILES string of the molecule is CCCc1sc(-c2ccc(OC)cc2)nc1CSc1cc(N)nc(N)n1. The predicted molar refractivity (Wildman–Crippen MR) is 109 cm³/mol. The third-order valence-electron chi connectivity index (χ3n) is 3.69. The van der Waals surface area contributed by atoms with Gasteiger partial charge in [0, 0.05) is 22.3 Å². The molecule has 0 fully saturated rings. The summed E-state index contributed by atoms with van der Waals surface area (Å²) in [6.07, 6.45) is 2.09. The summed E-state index contributed by atoms with van der Waals surface area (Å²) < 4.78 is 5.23. The molecule has 2 aromatic heterocycles. The largest absolute Gasteiger partial charge is 0.497 e. The Labute approximate surface area is 161 Å². The van der Waals surface area contributed by atoms with E-state index < -0.39 is 0 Å². The molecule has 0 spiro atoms. The molecule has 2 heterocycles. The number of benzene rings is 1. The molecule has 0 saturated heterocycles. The number of nitrogens with two attached hydrogens (primary N) is 2. The highest BCUT2D eigenvalue weighted by Gasteiger charge is 2.13. The van der Waals surface area contributed by atoms with Crippen molar-refractivity contribution in [2.24, 2.45) is 0 Å². The van der Waals surface area contributed by atoms with Crippen molar-refractivity contribution in [2.75, 3.05) is 18.6 Å². The van der Waals surface area contributed by atoms with Crippen LogP contribution >= 0.6 is 23.1 Å². The Morgan fingerprint density at radius 1 is 1.12 bits per heavy atom. The van der Waals surface area contributed by atoms with Crippen LogP contribution in [0.25, 0.3) is 10.6 Å². The molecule has 4 N–H and O–H groups in total. The zero-order valence-corrected chi connectivity index (χ0v) is 16.4. The maximum absolute atomic E-state index is 5.74. The van der Waals surface area contributed by atoms with Crippen LogP contribution < -0.4 is 16.2 Å². The van der Waals surface area contributed by atoms with Crippen molar-refractivity contribution in [1.29, 1.82) is 0 Å². The zero-order chi connectivity index (χ0) is 18.5. The molecular formula is C18H21N5OS2. The molecule has 0 amide bonds. The van der Waals surface area contributed by atoms with Gasteiger partial charge in [0.2, 0.25) is 5.95 Å². The lowest BCUT2D eigenvalue weighted by atomic mass is 10.2. The van der Waals surface area contributed by atoms with E-state index in [1.54, 1.807) is 36.3 Å². The molecule has 0 aliphatic heterocycles. The molecule has 0 aliphatic carbocycles. The zero-order valence-electron chi connectivity index (χ0n) is 14.7. The summed E-state index contributed by atoms with van der Waals surface area (Å²) in [7, 11) is 1.67. The van der Waals surface area contributed by atoms with Gasteiger partial charge in [0.05, 0.1) is 12.8 Å². The summed E-state index contributed by atoms with van der Waals surface area (Å²) in [6.45, 7) is 2.18. The molecule has 26 heavy (non-hydrogen) atoms. The van der Waals surface area contributed by atoms with Crippen LogP contribution in [-0.2, 0) is 12.2 Å². The number of anilines is 2. The Morgan fingerprint density at radius 2 is 1.88 bits per heavy atom. The maximum Gasteiger partial charge on any atom is 0.223 e. The Hall–Kier alpha value is -2.32. The van der Waals surface area contributed by atoms with Crippen molar-refractivity contribution in [2.45, 2.75) is 30.5 Å². The standard InChI is InChI=1S/C18H21N5OS2/c1-3-4-14-13(10-25-16-9-15(19)22-18(20)23-16)21-17(26-14)11-5-7-12(24-2)8-6-11/h5-9H,3-4,10H2,1-2H3,(H4,19,20,22,23). The Morgan fingerprint density at radius 3 is 2.54 bits per heavy atom. The first-order valence-electron chi connectivity index (χ1n) is 8.25. The van der Waals surface area contributed by atoms with Crippen LogP contribution in [0.4, 0.5) is 11.8 Å². The van der Waals surface area contributed by atoms with Gasteiger partial charge in [-0.1, -0.05) is 25.1 Å². The molecule has 6 nitrogen and oxygen atoms in total. The summed E-state index contributed by atoms with van der Waals surface area (Å²) >= 11 is 3.31.